The monoisotopic (exact) mass is 541 g/mol. The Morgan fingerprint density at radius 1 is 1.10 bits per heavy atom. The molecule has 1 unspecified atom stereocenters. The van der Waals surface area contributed by atoms with E-state index in [-0.39, 0.29) is 34.0 Å². The molecule has 5 nitrogen and oxygen atoms in total. The summed E-state index contributed by atoms with van der Waals surface area (Å²) in [6.07, 6.45) is 0. The molecular weight excluding hydrogens is 522 g/mol. The van der Waals surface area contributed by atoms with Crippen molar-refractivity contribution in [3.63, 3.8) is 0 Å². The van der Waals surface area contributed by atoms with Gasteiger partial charge in [0.2, 0.25) is 0 Å². The quantitative estimate of drug-likeness (QED) is 0.344. The topological polar surface area (TPSA) is 76.4 Å². The number of hydrogen-bond donors (Lipinski definition) is 1. The van der Waals surface area contributed by atoms with Gasteiger partial charge >= 0.3 is 0 Å². The molecule has 0 aliphatic heterocycles. The lowest BCUT2D eigenvalue weighted by molar-refractivity contribution is 0.0920. The van der Waals surface area contributed by atoms with Crippen molar-refractivity contribution in [2.75, 3.05) is 12.3 Å². The summed E-state index contributed by atoms with van der Waals surface area (Å²) < 4.78 is 31.3. The molecule has 0 spiro atoms. The maximum atomic E-state index is 12.5. The minimum absolute atomic E-state index is 0.0959. The maximum absolute atomic E-state index is 12.5. The fourth-order valence-electron chi connectivity index (χ4n) is 2.67. The molecule has 0 aliphatic carbocycles. The van der Waals surface area contributed by atoms with Gasteiger partial charge < -0.3 is 9.73 Å². The van der Waals surface area contributed by atoms with Gasteiger partial charge in [0.05, 0.1) is 4.90 Å². The van der Waals surface area contributed by atoms with Crippen LogP contribution >= 0.6 is 39.3 Å². The first kappa shape index (κ1) is 23.9. The average Bonchev–Trinajstić information content (AvgIpc) is 3.19. The van der Waals surface area contributed by atoms with Crippen LogP contribution in [0.4, 0.5) is 0 Å². The highest BCUT2D eigenvalue weighted by atomic mass is 79.9. The third kappa shape index (κ3) is 7.14. The molecule has 2 aromatic carbocycles. The van der Waals surface area contributed by atoms with E-state index in [2.05, 4.69) is 21.2 Å². The summed E-state index contributed by atoms with van der Waals surface area (Å²) in [4.78, 5) is 13.7. The summed E-state index contributed by atoms with van der Waals surface area (Å²) in [7, 11) is -3.56. The Morgan fingerprint density at radius 2 is 1.77 bits per heavy atom. The third-order valence-corrected chi connectivity index (χ3v) is 8.13. The standard InChI is InChI=1S/C22H21BrClNO4S2/c1-15(13-30-19-7-4-17(24)5-8-19)12-25-22(26)21-11-6-18(29-21)14-31(27,28)20-9-2-16(23)3-10-20/h2-11,15H,12-14H2,1H3,(H,25,26). The highest BCUT2D eigenvalue weighted by Gasteiger charge is 2.19. The molecule has 1 heterocycles. The van der Waals surface area contributed by atoms with Crippen LogP contribution in [-0.4, -0.2) is 26.6 Å². The van der Waals surface area contributed by atoms with Crippen LogP contribution in [0.15, 0.2) is 79.3 Å². The highest BCUT2D eigenvalue weighted by molar-refractivity contribution is 9.10. The van der Waals surface area contributed by atoms with Crippen molar-refractivity contribution >= 4 is 55.0 Å². The number of benzene rings is 2. The number of thioether (sulfide) groups is 1. The van der Waals surface area contributed by atoms with E-state index in [1.807, 2.05) is 31.2 Å². The molecule has 0 aliphatic rings. The lowest BCUT2D eigenvalue weighted by Gasteiger charge is -2.11. The van der Waals surface area contributed by atoms with Gasteiger partial charge in [-0.1, -0.05) is 34.5 Å². The van der Waals surface area contributed by atoms with Crippen molar-refractivity contribution in [1.29, 1.82) is 0 Å². The van der Waals surface area contributed by atoms with Crippen LogP contribution in [-0.2, 0) is 15.6 Å². The Balaban J connectivity index is 1.50. The van der Waals surface area contributed by atoms with Crippen LogP contribution in [0.2, 0.25) is 5.02 Å². The smallest absolute Gasteiger partial charge is 0.287 e. The first-order valence-corrected chi connectivity index (χ1v) is 13.3. The number of sulfone groups is 1. The zero-order chi connectivity index (χ0) is 22.4. The van der Waals surface area contributed by atoms with Crippen LogP contribution in [0.5, 0.6) is 0 Å². The predicted molar refractivity (Wildman–Crippen MR) is 127 cm³/mol. The van der Waals surface area contributed by atoms with E-state index in [1.54, 1.807) is 23.9 Å². The van der Waals surface area contributed by atoms with E-state index in [1.165, 1.54) is 24.3 Å². The van der Waals surface area contributed by atoms with E-state index in [4.69, 9.17) is 16.0 Å². The number of halogens is 2. The van der Waals surface area contributed by atoms with Crippen molar-refractivity contribution in [1.82, 2.24) is 5.32 Å². The second kappa shape index (κ2) is 10.7. The molecule has 0 bridgehead atoms. The Kier molecular flexibility index (Phi) is 8.27. The molecule has 0 saturated heterocycles. The fourth-order valence-corrected chi connectivity index (χ4v) is 5.23. The second-order valence-corrected chi connectivity index (χ2v) is 11.5. The summed E-state index contributed by atoms with van der Waals surface area (Å²) in [6.45, 7) is 2.52. The summed E-state index contributed by atoms with van der Waals surface area (Å²) in [6, 6.07) is 17.0. The molecule has 0 saturated carbocycles. The molecule has 3 aromatic rings. The van der Waals surface area contributed by atoms with E-state index in [0.29, 0.717) is 11.6 Å². The molecule has 1 N–H and O–H groups in total. The molecular formula is C22H21BrClNO4S2. The minimum Gasteiger partial charge on any atom is -0.455 e. The number of furan rings is 1. The van der Waals surface area contributed by atoms with Gasteiger partial charge in [-0.3, -0.25) is 4.79 Å². The number of hydrogen-bond acceptors (Lipinski definition) is 5. The molecule has 1 atom stereocenters. The van der Waals surface area contributed by atoms with Gasteiger partial charge in [0.15, 0.2) is 15.6 Å². The molecule has 0 fully saturated rings. The second-order valence-electron chi connectivity index (χ2n) is 7.06. The molecule has 31 heavy (non-hydrogen) atoms. The van der Waals surface area contributed by atoms with Crippen LogP contribution in [0.1, 0.15) is 23.2 Å². The maximum Gasteiger partial charge on any atom is 0.287 e. The largest absolute Gasteiger partial charge is 0.455 e. The Bertz CT molecular complexity index is 1130. The van der Waals surface area contributed by atoms with Crippen molar-refractivity contribution in [3.05, 3.63) is 81.7 Å². The summed E-state index contributed by atoms with van der Waals surface area (Å²) in [5.41, 5.74) is 0. The van der Waals surface area contributed by atoms with Crippen molar-refractivity contribution in [2.45, 2.75) is 22.5 Å². The molecule has 1 aromatic heterocycles. The predicted octanol–water partition coefficient (Wildman–Crippen LogP) is 5.83. The number of carbonyl (C=O) groups is 1. The van der Waals surface area contributed by atoms with Gasteiger partial charge in [0.25, 0.3) is 5.91 Å². The number of carbonyl (C=O) groups excluding carboxylic acids is 1. The van der Waals surface area contributed by atoms with E-state index < -0.39 is 9.84 Å². The van der Waals surface area contributed by atoms with E-state index in [9.17, 15) is 13.2 Å². The number of rotatable bonds is 9. The van der Waals surface area contributed by atoms with Gasteiger partial charge in [-0.15, -0.1) is 11.8 Å². The lowest BCUT2D eigenvalue weighted by Crippen LogP contribution is -2.28. The van der Waals surface area contributed by atoms with Crippen LogP contribution in [0.25, 0.3) is 0 Å². The molecule has 3 rings (SSSR count). The first-order chi connectivity index (χ1) is 14.7. The number of amides is 1. The molecule has 0 radical (unpaired) electrons. The summed E-state index contributed by atoms with van der Waals surface area (Å²) in [5.74, 6) is 0.706. The SMILES string of the molecule is CC(CNC(=O)c1ccc(CS(=O)(=O)c2ccc(Br)cc2)o1)CSc1ccc(Cl)cc1. The zero-order valence-electron chi connectivity index (χ0n) is 16.7. The fraction of sp³-hybridized carbons (Fsp3) is 0.227. The van der Waals surface area contributed by atoms with Gasteiger partial charge in [-0.2, -0.15) is 0 Å². The van der Waals surface area contributed by atoms with Crippen LogP contribution < -0.4 is 5.32 Å². The van der Waals surface area contributed by atoms with Gasteiger partial charge in [0, 0.05) is 26.7 Å². The third-order valence-electron chi connectivity index (χ3n) is 4.35. The Morgan fingerprint density at radius 3 is 2.45 bits per heavy atom. The summed E-state index contributed by atoms with van der Waals surface area (Å²) >= 11 is 10.9. The van der Waals surface area contributed by atoms with Crippen LogP contribution in [0.3, 0.4) is 0 Å². The first-order valence-electron chi connectivity index (χ1n) is 9.46. The number of nitrogens with one attached hydrogen (secondary N) is 1. The van der Waals surface area contributed by atoms with Crippen molar-refractivity contribution in [2.24, 2.45) is 5.92 Å². The molecule has 164 valence electrons. The van der Waals surface area contributed by atoms with Gasteiger partial charge in [0.1, 0.15) is 11.5 Å². The average molecular weight is 543 g/mol. The van der Waals surface area contributed by atoms with Crippen molar-refractivity contribution in [3.8, 4) is 0 Å². The normalized spacial score (nSPS) is 12.5. The van der Waals surface area contributed by atoms with E-state index in [0.717, 1.165) is 15.1 Å². The van der Waals surface area contributed by atoms with E-state index >= 15 is 0 Å². The zero-order valence-corrected chi connectivity index (χ0v) is 20.7. The minimum atomic E-state index is -3.56. The van der Waals surface area contributed by atoms with Gasteiger partial charge in [-0.25, -0.2) is 8.42 Å². The van der Waals surface area contributed by atoms with Crippen LogP contribution in [0, 0.1) is 5.92 Å². The molecule has 1 amide bonds. The summed E-state index contributed by atoms with van der Waals surface area (Å²) in [5, 5.41) is 3.54. The lowest BCUT2D eigenvalue weighted by atomic mass is 10.2. The Labute approximate surface area is 199 Å². The molecule has 9 heteroatoms. The van der Waals surface area contributed by atoms with Crippen molar-refractivity contribution < 1.29 is 17.6 Å². The Hall–Kier alpha value is -1.74. The van der Waals surface area contributed by atoms with Gasteiger partial charge in [-0.05, 0) is 66.6 Å². The highest BCUT2D eigenvalue weighted by Crippen LogP contribution is 2.23.